The van der Waals surface area contributed by atoms with E-state index in [1.165, 1.54) is 0 Å². The van der Waals surface area contributed by atoms with E-state index in [9.17, 15) is 0 Å². The number of rotatable bonds is 3. The highest BCUT2D eigenvalue weighted by Crippen LogP contribution is 2.31. The number of oxazole rings is 1. The molecule has 0 saturated heterocycles. The molecule has 0 aliphatic rings. The molecule has 4 rings (SSSR count). The SMILES string of the molecule is [c]1onc(-c2ccccc2)c1-c1nc(-c2ccccc2)co1. The van der Waals surface area contributed by atoms with E-state index in [0.717, 1.165) is 16.8 Å². The first-order valence-electron chi connectivity index (χ1n) is 6.86. The molecular weight excluding hydrogens is 276 g/mol. The van der Waals surface area contributed by atoms with E-state index in [2.05, 4.69) is 16.4 Å². The zero-order valence-electron chi connectivity index (χ0n) is 11.6. The number of nitrogens with zero attached hydrogens (tertiary/aromatic N) is 2. The summed E-state index contributed by atoms with van der Waals surface area (Å²) in [5, 5.41) is 4.01. The van der Waals surface area contributed by atoms with Crippen LogP contribution in [0.5, 0.6) is 0 Å². The topological polar surface area (TPSA) is 52.1 Å². The lowest BCUT2D eigenvalue weighted by Gasteiger charge is -1.96. The summed E-state index contributed by atoms with van der Waals surface area (Å²) in [6.07, 6.45) is 4.37. The van der Waals surface area contributed by atoms with E-state index in [0.29, 0.717) is 17.1 Å². The molecule has 2 aromatic carbocycles. The molecule has 0 unspecified atom stereocenters. The van der Waals surface area contributed by atoms with Crippen LogP contribution in [0.25, 0.3) is 34.0 Å². The Bertz CT molecular complexity index is 880. The molecule has 0 fully saturated rings. The summed E-state index contributed by atoms with van der Waals surface area (Å²) in [7, 11) is 0. The van der Waals surface area contributed by atoms with Crippen molar-refractivity contribution < 1.29 is 8.94 Å². The van der Waals surface area contributed by atoms with E-state index in [4.69, 9.17) is 8.94 Å². The van der Waals surface area contributed by atoms with Crippen molar-refractivity contribution in [1.82, 2.24) is 10.1 Å². The molecule has 22 heavy (non-hydrogen) atoms. The molecule has 0 atom stereocenters. The molecule has 2 heterocycles. The third-order valence-corrected chi connectivity index (χ3v) is 3.36. The lowest BCUT2D eigenvalue weighted by atomic mass is 10.1. The van der Waals surface area contributed by atoms with Crippen molar-refractivity contribution in [3.63, 3.8) is 0 Å². The van der Waals surface area contributed by atoms with Gasteiger partial charge in [-0.15, -0.1) is 0 Å². The van der Waals surface area contributed by atoms with E-state index in [-0.39, 0.29) is 0 Å². The van der Waals surface area contributed by atoms with Crippen LogP contribution in [0, 0.1) is 6.26 Å². The van der Waals surface area contributed by atoms with Gasteiger partial charge in [0.2, 0.25) is 12.2 Å². The fraction of sp³-hybridized carbons (Fsp3) is 0. The average molecular weight is 287 g/mol. The number of hydrogen-bond acceptors (Lipinski definition) is 4. The van der Waals surface area contributed by atoms with Gasteiger partial charge in [0, 0.05) is 11.1 Å². The second-order valence-electron chi connectivity index (χ2n) is 4.78. The number of benzene rings is 2. The van der Waals surface area contributed by atoms with Crippen molar-refractivity contribution in [3.05, 3.63) is 73.2 Å². The molecule has 0 amide bonds. The van der Waals surface area contributed by atoms with Crippen LogP contribution in [-0.4, -0.2) is 10.1 Å². The Labute approximate surface area is 127 Å². The minimum atomic E-state index is 0.443. The molecule has 0 aliphatic carbocycles. The summed E-state index contributed by atoms with van der Waals surface area (Å²) < 4.78 is 10.6. The van der Waals surface area contributed by atoms with E-state index >= 15 is 0 Å². The lowest BCUT2D eigenvalue weighted by molar-refractivity contribution is 0.415. The second-order valence-corrected chi connectivity index (χ2v) is 4.78. The van der Waals surface area contributed by atoms with Crippen LogP contribution in [0.3, 0.4) is 0 Å². The summed E-state index contributed by atoms with van der Waals surface area (Å²) in [4.78, 5) is 4.51. The average Bonchev–Trinajstić information content (AvgIpc) is 3.25. The normalized spacial score (nSPS) is 10.7. The number of hydrogen-bond donors (Lipinski definition) is 0. The first-order chi connectivity index (χ1) is 10.9. The minimum Gasteiger partial charge on any atom is -0.444 e. The van der Waals surface area contributed by atoms with Crippen molar-refractivity contribution in [3.8, 4) is 34.0 Å². The fourth-order valence-electron chi connectivity index (χ4n) is 2.28. The van der Waals surface area contributed by atoms with Gasteiger partial charge in [0.15, 0.2) is 0 Å². The molecule has 0 N–H and O–H groups in total. The Morgan fingerprint density at radius 2 is 1.50 bits per heavy atom. The third kappa shape index (κ3) is 2.20. The Morgan fingerprint density at radius 3 is 2.23 bits per heavy atom. The maximum atomic E-state index is 5.58. The molecule has 105 valence electrons. The largest absolute Gasteiger partial charge is 0.444 e. The van der Waals surface area contributed by atoms with Gasteiger partial charge in [0.05, 0.1) is 0 Å². The monoisotopic (exact) mass is 287 g/mol. The van der Waals surface area contributed by atoms with Crippen molar-refractivity contribution >= 4 is 0 Å². The van der Waals surface area contributed by atoms with Crippen LogP contribution in [0.1, 0.15) is 0 Å². The van der Waals surface area contributed by atoms with Crippen LogP contribution in [0.15, 0.2) is 75.9 Å². The maximum absolute atomic E-state index is 5.58. The first kappa shape index (κ1) is 12.6. The first-order valence-corrected chi connectivity index (χ1v) is 6.86. The molecule has 0 spiro atoms. The van der Waals surface area contributed by atoms with Crippen molar-refractivity contribution in [2.24, 2.45) is 0 Å². The van der Waals surface area contributed by atoms with Crippen LogP contribution in [0.4, 0.5) is 0 Å². The Hall–Kier alpha value is -3.14. The third-order valence-electron chi connectivity index (χ3n) is 3.36. The maximum Gasteiger partial charge on any atom is 0.232 e. The highest BCUT2D eigenvalue weighted by Gasteiger charge is 2.18. The van der Waals surface area contributed by atoms with Gasteiger partial charge in [-0.05, 0) is 0 Å². The predicted molar refractivity (Wildman–Crippen MR) is 81.7 cm³/mol. The van der Waals surface area contributed by atoms with Crippen molar-refractivity contribution in [1.29, 1.82) is 0 Å². The zero-order valence-corrected chi connectivity index (χ0v) is 11.6. The summed E-state index contributed by atoms with van der Waals surface area (Å²) in [5.41, 5.74) is 3.98. The summed E-state index contributed by atoms with van der Waals surface area (Å²) >= 11 is 0. The molecule has 0 saturated carbocycles. The molecule has 1 radical (unpaired) electrons. The van der Waals surface area contributed by atoms with Crippen molar-refractivity contribution in [2.75, 3.05) is 0 Å². The van der Waals surface area contributed by atoms with Crippen LogP contribution in [-0.2, 0) is 0 Å². The van der Waals surface area contributed by atoms with Gasteiger partial charge in [0.1, 0.15) is 23.2 Å². The smallest absolute Gasteiger partial charge is 0.232 e. The summed E-state index contributed by atoms with van der Waals surface area (Å²) in [6, 6.07) is 19.6. The van der Waals surface area contributed by atoms with E-state index in [1.807, 2.05) is 60.7 Å². The van der Waals surface area contributed by atoms with Gasteiger partial charge in [-0.1, -0.05) is 65.8 Å². The van der Waals surface area contributed by atoms with Gasteiger partial charge in [-0.2, -0.15) is 0 Å². The Kier molecular flexibility index (Phi) is 3.05. The highest BCUT2D eigenvalue weighted by atomic mass is 16.5. The van der Waals surface area contributed by atoms with Gasteiger partial charge in [-0.3, -0.25) is 0 Å². The molecular formula is C18H11N2O2. The minimum absolute atomic E-state index is 0.443. The molecule has 2 aromatic heterocycles. The highest BCUT2D eigenvalue weighted by molar-refractivity contribution is 5.76. The zero-order chi connectivity index (χ0) is 14.8. The molecule has 0 bridgehead atoms. The Balaban J connectivity index is 1.76. The molecule has 4 aromatic rings. The quantitative estimate of drug-likeness (QED) is 0.558. The standard InChI is InChI=1S/C18H11N2O2/c1-3-7-13(8-4-1)16-12-21-18(19-16)15-11-22-20-17(15)14-9-5-2-6-10-14/h1-10,12H. The number of aromatic nitrogens is 2. The fourth-order valence-corrected chi connectivity index (χ4v) is 2.28. The van der Waals surface area contributed by atoms with Gasteiger partial charge in [-0.25, -0.2) is 4.98 Å². The van der Waals surface area contributed by atoms with E-state index < -0.39 is 0 Å². The van der Waals surface area contributed by atoms with E-state index in [1.54, 1.807) is 6.26 Å². The van der Waals surface area contributed by atoms with Gasteiger partial charge >= 0.3 is 0 Å². The van der Waals surface area contributed by atoms with Crippen LogP contribution in [0.2, 0.25) is 0 Å². The summed E-state index contributed by atoms with van der Waals surface area (Å²) in [5.74, 6) is 0.443. The van der Waals surface area contributed by atoms with Gasteiger partial charge in [0.25, 0.3) is 0 Å². The second kappa shape index (κ2) is 5.33. The molecule has 4 heteroatoms. The predicted octanol–water partition coefficient (Wildman–Crippen LogP) is 4.46. The van der Waals surface area contributed by atoms with Crippen LogP contribution >= 0.6 is 0 Å². The Morgan fingerprint density at radius 1 is 0.818 bits per heavy atom. The van der Waals surface area contributed by atoms with Crippen LogP contribution < -0.4 is 0 Å². The van der Waals surface area contributed by atoms with Crippen molar-refractivity contribution in [2.45, 2.75) is 0 Å². The molecule has 4 nitrogen and oxygen atoms in total. The lowest BCUT2D eigenvalue weighted by Crippen LogP contribution is -1.83. The molecule has 0 aliphatic heterocycles. The van der Waals surface area contributed by atoms with Gasteiger partial charge < -0.3 is 8.94 Å². The summed E-state index contributed by atoms with van der Waals surface area (Å²) in [6.45, 7) is 0.